The van der Waals surface area contributed by atoms with E-state index < -0.39 is 0 Å². The Morgan fingerprint density at radius 1 is 1.47 bits per heavy atom. The van der Waals surface area contributed by atoms with Crippen LogP contribution in [-0.4, -0.2) is 49.3 Å². The highest BCUT2D eigenvalue weighted by Gasteiger charge is 2.33. The van der Waals surface area contributed by atoms with Crippen LogP contribution in [0.15, 0.2) is 0 Å². The molecule has 0 aromatic carbocycles. The molecule has 0 heterocycles. The molecule has 0 aromatic rings. The minimum Gasteiger partial charge on any atom is -0.395 e. The zero-order valence-corrected chi connectivity index (χ0v) is 10.4. The smallest absolute Gasteiger partial charge is 0.0558 e. The highest BCUT2D eigenvalue weighted by molar-refractivity contribution is 4.89. The van der Waals surface area contributed by atoms with Crippen molar-refractivity contribution in [3.63, 3.8) is 0 Å². The second-order valence-corrected chi connectivity index (χ2v) is 5.12. The highest BCUT2D eigenvalue weighted by atomic mass is 16.3. The molecule has 1 fully saturated rings. The third kappa shape index (κ3) is 4.09. The molecule has 0 radical (unpaired) electrons. The molecule has 3 nitrogen and oxygen atoms in total. The molecule has 15 heavy (non-hydrogen) atoms. The molecule has 1 aliphatic carbocycles. The Morgan fingerprint density at radius 2 is 2.13 bits per heavy atom. The van der Waals surface area contributed by atoms with Crippen molar-refractivity contribution >= 4 is 0 Å². The van der Waals surface area contributed by atoms with Crippen molar-refractivity contribution in [2.24, 2.45) is 5.41 Å². The van der Waals surface area contributed by atoms with E-state index in [1.165, 1.54) is 19.3 Å². The van der Waals surface area contributed by atoms with Gasteiger partial charge in [-0.1, -0.05) is 13.8 Å². The molecule has 90 valence electrons. The first kappa shape index (κ1) is 12.9. The Kier molecular flexibility index (Phi) is 5.03. The highest BCUT2D eigenvalue weighted by Crippen LogP contribution is 2.31. The number of nitrogens with one attached hydrogen (secondary N) is 1. The summed E-state index contributed by atoms with van der Waals surface area (Å²) < 4.78 is 0. The van der Waals surface area contributed by atoms with E-state index in [9.17, 15) is 0 Å². The molecule has 1 saturated carbocycles. The fourth-order valence-electron chi connectivity index (χ4n) is 2.17. The Bertz CT molecular complexity index is 182. The van der Waals surface area contributed by atoms with E-state index in [0.717, 1.165) is 25.7 Å². The summed E-state index contributed by atoms with van der Waals surface area (Å²) in [6.07, 6.45) is 3.82. The van der Waals surface area contributed by atoms with Crippen molar-refractivity contribution in [2.75, 3.05) is 33.3 Å². The second-order valence-electron chi connectivity index (χ2n) is 5.12. The average molecular weight is 214 g/mol. The summed E-state index contributed by atoms with van der Waals surface area (Å²) in [4.78, 5) is 2.46. The van der Waals surface area contributed by atoms with Gasteiger partial charge in [-0.15, -0.1) is 0 Å². The lowest BCUT2D eigenvalue weighted by molar-refractivity contribution is 0.124. The Morgan fingerprint density at radius 3 is 2.53 bits per heavy atom. The van der Waals surface area contributed by atoms with Crippen LogP contribution in [0.3, 0.4) is 0 Å². The maximum Gasteiger partial charge on any atom is 0.0558 e. The number of hydrogen-bond acceptors (Lipinski definition) is 3. The minimum absolute atomic E-state index is 0.288. The third-order valence-electron chi connectivity index (χ3n) is 3.49. The molecular weight excluding hydrogens is 188 g/mol. The number of aliphatic hydroxyl groups is 1. The summed E-state index contributed by atoms with van der Waals surface area (Å²) in [5.74, 6) is 0. The Labute approximate surface area is 93.9 Å². The Balaban J connectivity index is 2.45. The monoisotopic (exact) mass is 214 g/mol. The fourth-order valence-corrected chi connectivity index (χ4v) is 2.17. The predicted molar refractivity (Wildman–Crippen MR) is 64.0 cm³/mol. The summed E-state index contributed by atoms with van der Waals surface area (Å²) in [5, 5.41) is 12.3. The molecule has 0 aliphatic heterocycles. The van der Waals surface area contributed by atoms with Gasteiger partial charge in [0.2, 0.25) is 0 Å². The Hall–Kier alpha value is -0.120. The molecule has 1 atom stereocenters. The maximum atomic E-state index is 9.06. The van der Waals surface area contributed by atoms with Crippen LogP contribution in [0.5, 0.6) is 0 Å². The largest absolute Gasteiger partial charge is 0.395 e. The van der Waals surface area contributed by atoms with E-state index in [1.807, 2.05) is 7.05 Å². The molecule has 0 saturated heterocycles. The lowest BCUT2D eigenvalue weighted by Crippen LogP contribution is -2.43. The molecule has 1 unspecified atom stereocenters. The van der Waals surface area contributed by atoms with Gasteiger partial charge in [0.1, 0.15) is 0 Å². The van der Waals surface area contributed by atoms with Gasteiger partial charge in [-0.3, -0.25) is 4.90 Å². The first-order chi connectivity index (χ1) is 7.15. The fraction of sp³-hybridized carbons (Fsp3) is 1.00. The van der Waals surface area contributed by atoms with Crippen LogP contribution in [0.4, 0.5) is 0 Å². The van der Waals surface area contributed by atoms with E-state index >= 15 is 0 Å². The SMILES string of the molecule is CCC(C)(CNC)CN(CCO)C1CC1. The predicted octanol–water partition coefficient (Wildman–Crippen LogP) is 1.08. The van der Waals surface area contributed by atoms with Gasteiger partial charge in [-0.2, -0.15) is 0 Å². The quantitative estimate of drug-likeness (QED) is 0.634. The van der Waals surface area contributed by atoms with Crippen molar-refractivity contribution < 1.29 is 5.11 Å². The lowest BCUT2D eigenvalue weighted by atomic mass is 9.86. The van der Waals surface area contributed by atoms with Crippen molar-refractivity contribution in [3.05, 3.63) is 0 Å². The van der Waals surface area contributed by atoms with Crippen molar-refractivity contribution in [1.82, 2.24) is 10.2 Å². The molecule has 0 spiro atoms. The molecule has 0 amide bonds. The van der Waals surface area contributed by atoms with Gasteiger partial charge in [0.15, 0.2) is 0 Å². The van der Waals surface area contributed by atoms with Gasteiger partial charge in [0.05, 0.1) is 6.61 Å². The molecule has 3 heteroatoms. The standard InChI is InChI=1S/C12H26N2O/c1-4-12(2,9-13-3)10-14(7-8-15)11-5-6-11/h11,13,15H,4-10H2,1-3H3. The number of aliphatic hydroxyl groups excluding tert-OH is 1. The second kappa shape index (κ2) is 5.83. The topological polar surface area (TPSA) is 35.5 Å². The summed E-state index contributed by atoms with van der Waals surface area (Å²) in [7, 11) is 2.02. The van der Waals surface area contributed by atoms with E-state index in [1.54, 1.807) is 0 Å². The first-order valence-electron chi connectivity index (χ1n) is 6.14. The first-order valence-corrected chi connectivity index (χ1v) is 6.14. The molecule has 0 aromatic heterocycles. The zero-order valence-electron chi connectivity index (χ0n) is 10.4. The van der Waals surface area contributed by atoms with Gasteiger partial charge in [0.25, 0.3) is 0 Å². The van der Waals surface area contributed by atoms with Crippen LogP contribution in [0.2, 0.25) is 0 Å². The molecule has 0 bridgehead atoms. The van der Waals surface area contributed by atoms with Gasteiger partial charge < -0.3 is 10.4 Å². The molecule has 1 aliphatic rings. The maximum absolute atomic E-state index is 9.06. The molecule has 2 N–H and O–H groups in total. The number of nitrogens with zero attached hydrogens (tertiary/aromatic N) is 1. The minimum atomic E-state index is 0.288. The average Bonchev–Trinajstić information content (AvgIpc) is 3.01. The zero-order chi connectivity index (χ0) is 11.3. The number of hydrogen-bond donors (Lipinski definition) is 2. The van der Waals surface area contributed by atoms with Crippen LogP contribution in [0, 0.1) is 5.41 Å². The van der Waals surface area contributed by atoms with Crippen LogP contribution in [0.1, 0.15) is 33.1 Å². The van der Waals surface area contributed by atoms with E-state index in [2.05, 4.69) is 24.1 Å². The van der Waals surface area contributed by atoms with Gasteiger partial charge in [-0.05, 0) is 31.7 Å². The summed E-state index contributed by atoms with van der Waals surface area (Å²) in [6, 6.07) is 0.750. The summed E-state index contributed by atoms with van der Waals surface area (Å²) >= 11 is 0. The summed E-state index contributed by atoms with van der Waals surface area (Å²) in [5.41, 5.74) is 0.340. The van der Waals surface area contributed by atoms with Crippen molar-refractivity contribution in [1.29, 1.82) is 0 Å². The third-order valence-corrected chi connectivity index (χ3v) is 3.49. The molecular formula is C12H26N2O. The number of rotatable bonds is 8. The van der Waals surface area contributed by atoms with Crippen molar-refractivity contribution in [3.8, 4) is 0 Å². The van der Waals surface area contributed by atoms with Crippen LogP contribution in [-0.2, 0) is 0 Å². The van der Waals surface area contributed by atoms with Gasteiger partial charge >= 0.3 is 0 Å². The normalized spacial score (nSPS) is 20.6. The summed E-state index contributed by atoms with van der Waals surface area (Å²) in [6.45, 7) is 7.87. The van der Waals surface area contributed by atoms with E-state index in [0.29, 0.717) is 5.41 Å². The van der Waals surface area contributed by atoms with Crippen LogP contribution >= 0.6 is 0 Å². The van der Waals surface area contributed by atoms with Crippen molar-refractivity contribution in [2.45, 2.75) is 39.2 Å². The molecule has 1 rings (SSSR count). The van der Waals surface area contributed by atoms with Gasteiger partial charge in [0, 0.05) is 25.7 Å². The van der Waals surface area contributed by atoms with Crippen LogP contribution in [0.25, 0.3) is 0 Å². The van der Waals surface area contributed by atoms with Gasteiger partial charge in [-0.25, -0.2) is 0 Å². The van der Waals surface area contributed by atoms with E-state index in [4.69, 9.17) is 5.11 Å². The lowest BCUT2D eigenvalue weighted by Gasteiger charge is -2.34. The van der Waals surface area contributed by atoms with E-state index in [-0.39, 0.29) is 6.61 Å². The van der Waals surface area contributed by atoms with Crippen LogP contribution < -0.4 is 5.32 Å².